The predicted molar refractivity (Wildman–Crippen MR) is 120 cm³/mol. The molecule has 0 spiro atoms. The topological polar surface area (TPSA) is 163 Å². The molecule has 1 saturated carbocycles. The first kappa shape index (κ1) is 27.1. The van der Waals surface area contributed by atoms with Crippen LogP contribution in [0.15, 0.2) is 45.9 Å². The second kappa shape index (κ2) is 10.9. The molecule has 3 atom stereocenters. The number of alkyl halides is 3. The normalized spacial score (nSPS) is 22.3. The highest BCUT2D eigenvalue weighted by atomic mass is 32.2. The van der Waals surface area contributed by atoms with E-state index in [4.69, 9.17) is 11.5 Å². The van der Waals surface area contributed by atoms with Crippen LogP contribution in [-0.4, -0.2) is 43.8 Å². The van der Waals surface area contributed by atoms with Gasteiger partial charge in [-0.25, -0.2) is 13.4 Å². The van der Waals surface area contributed by atoms with Crippen molar-refractivity contribution >= 4 is 27.3 Å². The van der Waals surface area contributed by atoms with Crippen molar-refractivity contribution in [3.05, 3.63) is 36.0 Å². The van der Waals surface area contributed by atoms with Crippen LogP contribution in [-0.2, 0) is 14.6 Å². The molecule has 13 heteroatoms. The molecule has 0 aromatic heterocycles. The lowest BCUT2D eigenvalue weighted by molar-refractivity contribution is -0.114. The lowest BCUT2D eigenvalue weighted by Crippen LogP contribution is -2.46. The number of benzene rings is 1. The quantitative estimate of drug-likeness (QED) is 0.241. The number of amides is 1. The van der Waals surface area contributed by atoms with Crippen molar-refractivity contribution in [1.29, 1.82) is 5.26 Å². The molecule has 1 amide bonds. The summed E-state index contributed by atoms with van der Waals surface area (Å²) in [6.45, 7) is 4.05. The molecule has 186 valence electrons. The smallest absolute Gasteiger partial charge is 0.386 e. The molecule has 0 heterocycles. The molecule has 34 heavy (non-hydrogen) atoms. The number of rotatable bonds is 8. The summed E-state index contributed by atoms with van der Waals surface area (Å²) in [5.74, 6) is -1.56. The standard InChI is InChI=1S/C21H27F3N6O3S/c1-12(2)29-15-5-8-18(13(9-15)10-25)28-11-17(20(27)31)19(26)30-14-3-6-16(7-4-14)34(32,33)21(22,23)24/h3-4,6-7,11-13,15,18,28-29H,5,8-9H2,1-2H3,(H2,26,30)(H2,27,31)/b17-11+/t13-,15-,18+/m1/s1. The minimum absolute atomic E-state index is 0.0148. The molecule has 1 aliphatic carbocycles. The van der Waals surface area contributed by atoms with E-state index in [0.717, 1.165) is 30.7 Å². The maximum atomic E-state index is 12.7. The van der Waals surface area contributed by atoms with Crippen LogP contribution in [0, 0.1) is 17.2 Å². The van der Waals surface area contributed by atoms with Crippen molar-refractivity contribution in [3.8, 4) is 6.07 Å². The van der Waals surface area contributed by atoms with E-state index in [9.17, 15) is 31.6 Å². The number of nitriles is 1. The van der Waals surface area contributed by atoms with Crippen molar-refractivity contribution in [2.45, 2.75) is 61.6 Å². The highest BCUT2D eigenvalue weighted by Crippen LogP contribution is 2.31. The summed E-state index contributed by atoms with van der Waals surface area (Å²) in [6.07, 6.45) is 3.39. The van der Waals surface area contributed by atoms with Crippen molar-refractivity contribution in [2.75, 3.05) is 0 Å². The van der Waals surface area contributed by atoms with Crippen LogP contribution >= 0.6 is 0 Å². The SMILES string of the molecule is CC(C)N[C@@H]1CC[C@H](N/C=C(/C(N)=O)C(N)=Nc2ccc(S(=O)(=O)C(F)(F)F)cc2)[C@@H](C#N)C1. The van der Waals surface area contributed by atoms with Gasteiger partial charge in [0.1, 0.15) is 5.84 Å². The maximum Gasteiger partial charge on any atom is 0.501 e. The number of primary amides is 1. The molecule has 0 bridgehead atoms. The third kappa shape index (κ3) is 6.71. The van der Waals surface area contributed by atoms with Crippen molar-refractivity contribution in [2.24, 2.45) is 22.4 Å². The highest BCUT2D eigenvalue weighted by molar-refractivity contribution is 7.92. The summed E-state index contributed by atoms with van der Waals surface area (Å²) in [6, 6.07) is 6.03. The second-order valence-electron chi connectivity index (χ2n) is 8.20. The number of halogens is 3. The second-order valence-corrected chi connectivity index (χ2v) is 10.1. The molecule has 0 unspecified atom stereocenters. The van der Waals surface area contributed by atoms with Crippen molar-refractivity contribution in [3.63, 3.8) is 0 Å². The first-order valence-electron chi connectivity index (χ1n) is 10.4. The van der Waals surface area contributed by atoms with Crippen LogP contribution < -0.4 is 22.1 Å². The molecule has 6 N–H and O–H groups in total. The van der Waals surface area contributed by atoms with E-state index in [1.54, 1.807) is 0 Å². The molecule has 0 saturated heterocycles. The first-order chi connectivity index (χ1) is 15.8. The summed E-state index contributed by atoms with van der Waals surface area (Å²) < 4.78 is 60.9. The molecule has 2 rings (SSSR count). The first-order valence-corrected chi connectivity index (χ1v) is 11.9. The Bertz CT molecular complexity index is 1090. The van der Waals surface area contributed by atoms with Gasteiger partial charge in [0.25, 0.3) is 15.7 Å². The van der Waals surface area contributed by atoms with E-state index in [2.05, 4.69) is 21.7 Å². The number of sulfone groups is 1. The molecule has 0 radical (unpaired) electrons. The molecular formula is C21H27F3N6O3S. The zero-order valence-corrected chi connectivity index (χ0v) is 19.4. The van der Waals surface area contributed by atoms with Crippen molar-refractivity contribution in [1.82, 2.24) is 10.6 Å². The summed E-state index contributed by atoms with van der Waals surface area (Å²) in [5.41, 5.74) is 5.65. The zero-order chi connectivity index (χ0) is 25.7. The van der Waals surface area contributed by atoms with Crippen LogP contribution in [0.1, 0.15) is 33.1 Å². The van der Waals surface area contributed by atoms with E-state index in [1.165, 1.54) is 6.20 Å². The van der Waals surface area contributed by atoms with E-state index in [-0.39, 0.29) is 41.1 Å². The van der Waals surface area contributed by atoms with Crippen LogP contribution in [0.25, 0.3) is 0 Å². The van der Waals surface area contributed by atoms with Gasteiger partial charge in [-0.1, -0.05) is 13.8 Å². The van der Waals surface area contributed by atoms with Gasteiger partial charge in [-0.3, -0.25) is 4.79 Å². The molecular weight excluding hydrogens is 473 g/mol. The van der Waals surface area contributed by atoms with Crippen molar-refractivity contribution < 1.29 is 26.4 Å². The van der Waals surface area contributed by atoms with E-state index >= 15 is 0 Å². The van der Waals surface area contributed by atoms with Gasteiger partial charge >= 0.3 is 5.51 Å². The maximum absolute atomic E-state index is 12.7. The Labute approximate surface area is 196 Å². The van der Waals surface area contributed by atoms with Crippen LogP contribution in [0.5, 0.6) is 0 Å². The fourth-order valence-electron chi connectivity index (χ4n) is 3.63. The average Bonchev–Trinajstić information content (AvgIpc) is 2.73. The Balaban J connectivity index is 2.18. The van der Waals surface area contributed by atoms with Gasteiger partial charge < -0.3 is 22.1 Å². The number of nitrogens with two attached hydrogens (primary N) is 2. The largest absolute Gasteiger partial charge is 0.501 e. The number of hydrogen-bond donors (Lipinski definition) is 4. The number of nitrogens with zero attached hydrogens (tertiary/aromatic N) is 2. The van der Waals surface area contributed by atoms with Gasteiger partial charge in [-0.05, 0) is 43.5 Å². The molecule has 1 aromatic rings. The number of aliphatic imine (C=N–C) groups is 1. The average molecular weight is 501 g/mol. The summed E-state index contributed by atoms with van der Waals surface area (Å²) >= 11 is 0. The number of amidine groups is 1. The Morgan fingerprint density at radius 2 is 1.85 bits per heavy atom. The van der Waals surface area contributed by atoms with Gasteiger partial charge in [-0.2, -0.15) is 18.4 Å². The lowest BCUT2D eigenvalue weighted by Gasteiger charge is -2.34. The molecule has 9 nitrogen and oxygen atoms in total. The molecule has 1 aromatic carbocycles. The minimum atomic E-state index is -5.50. The van der Waals surface area contributed by atoms with Crippen LogP contribution in [0.4, 0.5) is 18.9 Å². The van der Waals surface area contributed by atoms with Gasteiger partial charge in [0.15, 0.2) is 0 Å². The minimum Gasteiger partial charge on any atom is -0.386 e. The van der Waals surface area contributed by atoms with E-state index in [1.807, 2.05) is 13.8 Å². The number of hydrogen-bond acceptors (Lipinski definition) is 7. The summed E-state index contributed by atoms with van der Waals surface area (Å²) in [7, 11) is -5.50. The molecule has 1 fully saturated rings. The lowest BCUT2D eigenvalue weighted by atomic mass is 9.82. The van der Waals surface area contributed by atoms with Gasteiger partial charge in [0.05, 0.1) is 28.1 Å². The van der Waals surface area contributed by atoms with Crippen LogP contribution in [0.3, 0.4) is 0 Å². The third-order valence-electron chi connectivity index (χ3n) is 5.27. The number of carbonyl (C=O) groups is 1. The van der Waals surface area contributed by atoms with Crippen LogP contribution in [0.2, 0.25) is 0 Å². The summed E-state index contributed by atoms with van der Waals surface area (Å²) in [5, 5.41) is 16.0. The third-order valence-corrected chi connectivity index (χ3v) is 6.77. The van der Waals surface area contributed by atoms with Gasteiger partial charge in [0.2, 0.25) is 0 Å². The number of nitrogens with one attached hydrogen (secondary N) is 2. The predicted octanol–water partition coefficient (Wildman–Crippen LogP) is 1.99. The van der Waals surface area contributed by atoms with Gasteiger partial charge in [-0.15, -0.1) is 0 Å². The van der Waals surface area contributed by atoms with E-state index in [0.29, 0.717) is 12.8 Å². The fraction of sp³-hybridized carbons (Fsp3) is 0.476. The fourth-order valence-corrected chi connectivity index (χ4v) is 4.39. The summed E-state index contributed by atoms with van der Waals surface area (Å²) in [4.78, 5) is 14.9. The number of carbonyl (C=O) groups excluding carboxylic acids is 1. The Hall–Kier alpha value is -3.11. The Morgan fingerprint density at radius 3 is 2.35 bits per heavy atom. The highest BCUT2D eigenvalue weighted by Gasteiger charge is 2.46. The molecule has 0 aliphatic heterocycles. The monoisotopic (exact) mass is 500 g/mol. The Morgan fingerprint density at radius 1 is 1.24 bits per heavy atom. The Kier molecular flexibility index (Phi) is 8.68. The van der Waals surface area contributed by atoms with E-state index < -0.39 is 26.1 Å². The van der Waals surface area contributed by atoms with Gasteiger partial charge in [0, 0.05) is 24.3 Å². The zero-order valence-electron chi connectivity index (χ0n) is 18.6. The molecule has 1 aliphatic rings.